The Kier molecular flexibility index (Phi) is 9290. The Hall–Kier alpha value is -0.120. The van der Waals surface area contributed by atoms with Gasteiger partial charge >= 0.3 is 0 Å². The molecule has 0 aliphatic rings. The molecule has 5 heavy (non-hydrogen) atoms. The molecule has 0 saturated heterocycles. The quantitative estimate of drug-likeness (QED) is 0.361. The van der Waals surface area contributed by atoms with Crippen LogP contribution in [0.2, 0.25) is 0 Å². The first kappa shape index (κ1) is 20.8. The van der Waals surface area contributed by atoms with Crippen molar-refractivity contribution in [3.8, 4) is 0 Å². The molecule has 0 aromatic heterocycles. The second-order valence-corrected chi connectivity index (χ2v) is 0. The van der Waals surface area contributed by atoms with Gasteiger partial charge in [0.05, 0.1) is 0 Å². The lowest BCUT2D eigenvalue weighted by atomic mass is 11.6. The molecule has 0 spiro atoms. The average Bonchev–Trinajstić information content (AvgIpc) is 1.50. The molecule has 0 rings (SSSR count). The maximum absolute atomic E-state index is 7.00. The van der Waals surface area contributed by atoms with Crippen molar-refractivity contribution in [3.63, 3.8) is 0 Å². The molecular weight excluding hydrogens is 68.0 g/mol. The van der Waals surface area contributed by atoms with Crippen LogP contribution in [0.3, 0.4) is 0 Å². The normalized spacial score (nSPS) is 2.40. The first-order valence-corrected chi connectivity index (χ1v) is 1.02. The first-order chi connectivity index (χ1) is 2.00. The molecule has 6 N–H and O–H groups in total. The van der Waals surface area contributed by atoms with Gasteiger partial charge in [0.25, 0.3) is 0 Å². The molecule has 0 aliphatic carbocycles. The molecule has 0 aromatic carbocycles. The van der Waals surface area contributed by atoms with Gasteiger partial charge in [-0.2, -0.15) is 0 Å². The monoisotopic (exact) mass is 80.1 g/mol. The molecule has 0 saturated carbocycles. The number of aliphatic hydroxyl groups is 1. The van der Waals surface area contributed by atoms with Crippen molar-refractivity contribution in [1.29, 1.82) is 0 Å². The van der Waals surface area contributed by atoms with Crippen molar-refractivity contribution in [2.24, 2.45) is 5.73 Å². The third kappa shape index (κ3) is 952. The zero-order valence-electron chi connectivity index (χ0n) is 3.73. The van der Waals surface area contributed by atoms with Gasteiger partial charge in [-0.15, -0.1) is 0 Å². The fraction of sp³-hybridized carbons (Fsp3) is 1.00. The van der Waals surface area contributed by atoms with Crippen molar-refractivity contribution >= 4 is 0 Å². The topological polar surface area (TPSA) is 81.2 Å². The predicted octanol–water partition coefficient (Wildman–Crippen LogP) is -0.655. The lowest BCUT2D eigenvalue weighted by Gasteiger charge is -1.21. The zero-order chi connectivity index (χ0) is 4.00. The molecule has 0 atom stereocenters. The standard InChI is InChI=1S/CH5N.CH4O.H3N/c2*1-2;/h2H2,1H3;2H,1H3;1H3. The third-order valence-electron chi connectivity index (χ3n) is 0. The number of hydrogen-bond donors (Lipinski definition) is 3. The van der Waals surface area contributed by atoms with E-state index >= 15 is 0 Å². The predicted molar refractivity (Wildman–Crippen MR) is 23.3 cm³/mol. The van der Waals surface area contributed by atoms with Gasteiger partial charge in [0.1, 0.15) is 0 Å². The van der Waals surface area contributed by atoms with Gasteiger partial charge in [0.2, 0.25) is 0 Å². The molecule has 0 amide bonds. The van der Waals surface area contributed by atoms with Crippen molar-refractivity contribution in [2.75, 3.05) is 14.2 Å². The highest BCUT2D eigenvalue weighted by atomic mass is 16.2. The van der Waals surface area contributed by atoms with Crippen LogP contribution in [0, 0.1) is 0 Å². The fourth-order valence-corrected chi connectivity index (χ4v) is 0. The molecule has 0 bridgehead atoms. The number of aliphatic hydroxyl groups excluding tert-OH is 1. The molecule has 3 heteroatoms. The van der Waals surface area contributed by atoms with Crippen LogP contribution in [0.1, 0.15) is 0 Å². The molecule has 0 aromatic rings. The van der Waals surface area contributed by atoms with Crippen LogP contribution in [-0.4, -0.2) is 19.3 Å². The average molecular weight is 80.1 g/mol. The largest absolute Gasteiger partial charge is 0.400 e. The van der Waals surface area contributed by atoms with Crippen LogP contribution in [0.25, 0.3) is 0 Å². The van der Waals surface area contributed by atoms with Crippen LogP contribution < -0.4 is 11.9 Å². The van der Waals surface area contributed by atoms with E-state index in [-0.39, 0.29) is 6.15 Å². The lowest BCUT2D eigenvalue weighted by Crippen LogP contribution is -1.69. The van der Waals surface area contributed by atoms with E-state index in [9.17, 15) is 0 Å². The Labute approximate surface area is 32.4 Å². The smallest absolute Gasteiger partial charge is 0.0319 e. The second kappa shape index (κ2) is 2230. The molecule has 3 nitrogen and oxygen atoms in total. The highest BCUT2D eigenvalue weighted by Crippen LogP contribution is 0.755. The molecule has 36 valence electrons. The molecule has 0 fully saturated rings. The second-order valence-electron chi connectivity index (χ2n) is 0. The van der Waals surface area contributed by atoms with Crippen molar-refractivity contribution in [1.82, 2.24) is 6.15 Å². The van der Waals surface area contributed by atoms with E-state index in [0.717, 1.165) is 7.11 Å². The van der Waals surface area contributed by atoms with Gasteiger partial charge < -0.3 is 17.0 Å². The number of rotatable bonds is 0. The molecule has 0 radical (unpaired) electrons. The van der Waals surface area contributed by atoms with Gasteiger partial charge in [-0.3, -0.25) is 0 Å². The fourth-order valence-electron chi connectivity index (χ4n) is 0. The molecular formula is C2H12N2O. The molecule has 0 aliphatic heterocycles. The lowest BCUT2D eigenvalue weighted by molar-refractivity contribution is 0.399. The minimum Gasteiger partial charge on any atom is -0.400 e. The minimum absolute atomic E-state index is 0. The summed E-state index contributed by atoms with van der Waals surface area (Å²) < 4.78 is 0. The van der Waals surface area contributed by atoms with Gasteiger partial charge in [-0.05, 0) is 7.05 Å². The Morgan fingerprint density at radius 2 is 1.20 bits per heavy atom. The third-order valence-corrected chi connectivity index (χ3v) is 0. The zero-order valence-corrected chi connectivity index (χ0v) is 3.73. The van der Waals surface area contributed by atoms with E-state index < -0.39 is 0 Å². The molecule has 0 unspecified atom stereocenters. The van der Waals surface area contributed by atoms with E-state index in [1.807, 2.05) is 0 Å². The molecule has 0 heterocycles. The maximum Gasteiger partial charge on any atom is 0.0319 e. The van der Waals surface area contributed by atoms with Crippen LogP contribution in [0.4, 0.5) is 0 Å². The number of hydrogen-bond acceptors (Lipinski definition) is 3. The summed E-state index contributed by atoms with van der Waals surface area (Å²) in [4.78, 5) is 0. The van der Waals surface area contributed by atoms with Crippen LogP contribution >= 0.6 is 0 Å². The van der Waals surface area contributed by atoms with Crippen molar-refractivity contribution < 1.29 is 5.11 Å². The Bertz CT molecular complexity index is 7.61. The van der Waals surface area contributed by atoms with Gasteiger partial charge in [-0.1, -0.05) is 0 Å². The van der Waals surface area contributed by atoms with Crippen LogP contribution in [0.5, 0.6) is 0 Å². The van der Waals surface area contributed by atoms with Gasteiger partial charge in [0, 0.05) is 7.11 Å². The minimum atomic E-state index is 0. The summed E-state index contributed by atoms with van der Waals surface area (Å²) in [6.07, 6.45) is 0. The van der Waals surface area contributed by atoms with Crippen LogP contribution in [0.15, 0.2) is 0 Å². The van der Waals surface area contributed by atoms with E-state index in [1.165, 1.54) is 7.05 Å². The summed E-state index contributed by atoms with van der Waals surface area (Å²) in [5.41, 5.74) is 4.50. The van der Waals surface area contributed by atoms with Gasteiger partial charge in [-0.25, -0.2) is 0 Å². The van der Waals surface area contributed by atoms with E-state index in [2.05, 4.69) is 5.73 Å². The summed E-state index contributed by atoms with van der Waals surface area (Å²) in [6.45, 7) is 0. The van der Waals surface area contributed by atoms with E-state index in [0.29, 0.717) is 0 Å². The summed E-state index contributed by atoms with van der Waals surface area (Å²) in [7, 11) is 2.50. The Morgan fingerprint density at radius 3 is 1.20 bits per heavy atom. The highest BCUT2D eigenvalue weighted by Gasteiger charge is 0.840. The van der Waals surface area contributed by atoms with E-state index in [4.69, 9.17) is 5.11 Å². The Morgan fingerprint density at radius 1 is 1.20 bits per heavy atom. The van der Waals surface area contributed by atoms with Crippen molar-refractivity contribution in [3.05, 3.63) is 0 Å². The highest BCUT2D eigenvalue weighted by molar-refractivity contribution is 3.54. The Balaban J connectivity index is -0.0000000133. The van der Waals surface area contributed by atoms with Crippen LogP contribution in [-0.2, 0) is 0 Å². The summed E-state index contributed by atoms with van der Waals surface area (Å²) in [6, 6.07) is 0. The number of nitrogens with two attached hydrogens (primary N) is 1. The summed E-state index contributed by atoms with van der Waals surface area (Å²) >= 11 is 0. The van der Waals surface area contributed by atoms with Gasteiger partial charge in [0.15, 0.2) is 0 Å². The van der Waals surface area contributed by atoms with Crippen molar-refractivity contribution in [2.45, 2.75) is 0 Å². The SMILES string of the molecule is CN.CO.N. The first-order valence-electron chi connectivity index (χ1n) is 1.02. The summed E-state index contributed by atoms with van der Waals surface area (Å²) in [5.74, 6) is 0. The summed E-state index contributed by atoms with van der Waals surface area (Å²) in [5, 5.41) is 7.00. The van der Waals surface area contributed by atoms with E-state index in [1.54, 1.807) is 0 Å². The maximum atomic E-state index is 7.00.